The normalized spacial score (nSPS) is 10.2. The smallest absolute Gasteiger partial charge is 0.354 e. The van der Waals surface area contributed by atoms with E-state index in [4.69, 9.17) is 9.84 Å². The second-order valence-corrected chi connectivity index (χ2v) is 2.95. The van der Waals surface area contributed by atoms with Crippen molar-refractivity contribution >= 4 is 16.7 Å². The van der Waals surface area contributed by atoms with Crippen LogP contribution in [0.5, 0.6) is 5.88 Å². The molecule has 2 aromatic rings. The Labute approximate surface area is 85.4 Å². The molecule has 0 aliphatic rings. The first-order valence-corrected chi connectivity index (χ1v) is 4.24. The van der Waals surface area contributed by atoms with E-state index >= 15 is 0 Å². The van der Waals surface area contributed by atoms with Gasteiger partial charge in [-0.05, 0) is 6.07 Å². The summed E-state index contributed by atoms with van der Waals surface area (Å²) < 4.78 is 4.94. The zero-order chi connectivity index (χ0) is 10.8. The van der Waals surface area contributed by atoms with Crippen molar-refractivity contribution in [2.45, 2.75) is 0 Å². The van der Waals surface area contributed by atoms with E-state index in [9.17, 15) is 4.79 Å². The van der Waals surface area contributed by atoms with Crippen LogP contribution in [0.4, 0.5) is 0 Å². The maximum Gasteiger partial charge on any atom is 0.354 e. The standard InChI is InChI=1S/C10H8N2O3/c1-15-9-3-7-4-11-8(10(13)14)2-6(7)5-12-9/h2-5H,1H3,(H,13,14). The van der Waals surface area contributed by atoms with Crippen LogP contribution in [0.3, 0.4) is 0 Å². The van der Waals surface area contributed by atoms with Crippen LogP contribution in [0.15, 0.2) is 24.5 Å². The molecule has 0 unspecified atom stereocenters. The van der Waals surface area contributed by atoms with Crippen molar-refractivity contribution in [1.82, 2.24) is 9.97 Å². The minimum Gasteiger partial charge on any atom is -0.481 e. The van der Waals surface area contributed by atoms with Gasteiger partial charge in [-0.15, -0.1) is 0 Å². The Balaban J connectivity index is 2.59. The van der Waals surface area contributed by atoms with Crippen LogP contribution in [-0.2, 0) is 0 Å². The molecule has 0 spiro atoms. The highest BCUT2D eigenvalue weighted by Gasteiger charge is 2.06. The predicted octanol–water partition coefficient (Wildman–Crippen LogP) is 1.34. The summed E-state index contributed by atoms with van der Waals surface area (Å²) in [5.41, 5.74) is 0.00877. The molecule has 2 rings (SSSR count). The molecule has 0 aliphatic carbocycles. The predicted molar refractivity (Wildman–Crippen MR) is 53.0 cm³/mol. The summed E-state index contributed by atoms with van der Waals surface area (Å²) in [6, 6.07) is 3.18. The monoisotopic (exact) mass is 204 g/mol. The Morgan fingerprint density at radius 1 is 1.27 bits per heavy atom. The van der Waals surface area contributed by atoms with Gasteiger partial charge in [-0.25, -0.2) is 14.8 Å². The lowest BCUT2D eigenvalue weighted by molar-refractivity contribution is 0.0691. The van der Waals surface area contributed by atoms with Gasteiger partial charge in [0.1, 0.15) is 5.69 Å². The largest absolute Gasteiger partial charge is 0.481 e. The maximum atomic E-state index is 10.7. The molecule has 0 bridgehead atoms. The Morgan fingerprint density at radius 3 is 2.60 bits per heavy atom. The molecule has 5 heteroatoms. The molecule has 1 N–H and O–H groups in total. The van der Waals surface area contributed by atoms with Crippen molar-refractivity contribution in [2.75, 3.05) is 7.11 Å². The second-order valence-electron chi connectivity index (χ2n) is 2.95. The highest BCUT2D eigenvalue weighted by Crippen LogP contribution is 2.17. The van der Waals surface area contributed by atoms with E-state index in [2.05, 4.69) is 9.97 Å². The molecule has 0 aliphatic heterocycles. The SMILES string of the molecule is COc1cc2cnc(C(=O)O)cc2cn1. The number of hydrogen-bond acceptors (Lipinski definition) is 4. The van der Waals surface area contributed by atoms with Crippen molar-refractivity contribution in [3.05, 3.63) is 30.2 Å². The quantitative estimate of drug-likeness (QED) is 0.799. The Bertz CT molecular complexity index is 525. The van der Waals surface area contributed by atoms with E-state index in [1.807, 2.05) is 0 Å². The number of aromatic nitrogens is 2. The number of carbonyl (C=O) groups is 1. The molecule has 0 aromatic carbocycles. The topological polar surface area (TPSA) is 72.3 Å². The zero-order valence-electron chi connectivity index (χ0n) is 7.97. The first-order valence-electron chi connectivity index (χ1n) is 4.24. The van der Waals surface area contributed by atoms with Crippen molar-refractivity contribution in [3.8, 4) is 5.88 Å². The lowest BCUT2D eigenvalue weighted by atomic mass is 10.2. The lowest BCUT2D eigenvalue weighted by Crippen LogP contribution is -1.99. The number of methoxy groups -OCH3 is 1. The Morgan fingerprint density at radius 2 is 1.93 bits per heavy atom. The fourth-order valence-electron chi connectivity index (χ4n) is 1.25. The van der Waals surface area contributed by atoms with Gasteiger partial charge in [-0.1, -0.05) is 0 Å². The molecule has 0 atom stereocenters. The first kappa shape index (κ1) is 9.39. The van der Waals surface area contributed by atoms with E-state index in [1.165, 1.54) is 19.4 Å². The average molecular weight is 204 g/mol. The summed E-state index contributed by atoms with van der Waals surface area (Å²) in [7, 11) is 1.52. The summed E-state index contributed by atoms with van der Waals surface area (Å²) in [6.45, 7) is 0. The van der Waals surface area contributed by atoms with Gasteiger partial charge in [-0.3, -0.25) is 0 Å². The van der Waals surface area contributed by atoms with Crippen LogP contribution in [-0.4, -0.2) is 28.2 Å². The second kappa shape index (κ2) is 3.53. The van der Waals surface area contributed by atoms with Gasteiger partial charge in [0.15, 0.2) is 0 Å². The molecule has 0 amide bonds. The van der Waals surface area contributed by atoms with E-state index < -0.39 is 5.97 Å². The molecule has 2 heterocycles. The van der Waals surface area contributed by atoms with Gasteiger partial charge < -0.3 is 9.84 Å². The fourth-order valence-corrected chi connectivity index (χ4v) is 1.25. The van der Waals surface area contributed by atoms with E-state index in [0.717, 1.165) is 10.8 Å². The van der Waals surface area contributed by atoms with Crippen molar-refractivity contribution in [3.63, 3.8) is 0 Å². The van der Waals surface area contributed by atoms with Gasteiger partial charge in [0.25, 0.3) is 0 Å². The molecular weight excluding hydrogens is 196 g/mol. The van der Waals surface area contributed by atoms with Crippen LogP contribution in [0.1, 0.15) is 10.5 Å². The number of nitrogens with zero attached hydrogens (tertiary/aromatic N) is 2. The summed E-state index contributed by atoms with van der Waals surface area (Å²) in [5.74, 6) is -0.569. The Kier molecular flexibility index (Phi) is 2.21. The highest BCUT2D eigenvalue weighted by atomic mass is 16.5. The number of pyridine rings is 2. The summed E-state index contributed by atoms with van der Waals surface area (Å²) in [6.07, 6.45) is 3.05. The molecule has 2 aromatic heterocycles. The van der Waals surface area contributed by atoms with Crippen LogP contribution >= 0.6 is 0 Å². The van der Waals surface area contributed by atoms with Crippen molar-refractivity contribution in [2.24, 2.45) is 0 Å². The Hall–Kier alpha value is -2.17. The summed E-state index contributed by atoms with van der Waals surface area (Å²) in [5, 5.41) is 10.3. The molecule has 5 nitrogen and oxygen atoms in total. The number of carboxylic acid groups (broad SMARTS) is 1. The number of rotatable bonds is 2. The van der Waals surface area contributed by atoms with E-state index in [0.29, 0.717) is 5.88 Å². The lowest BCUT2D eigenvalue weighted by Gasteiger charge is -2.01. The minimum absolute atomic E-state index is 0.00877. The fraction of sp³-hybridized carbons (Fsp3) is 0.100. The third kappa shape index (κ3) is 1.71. The average Bonchev–Trinajstić information content (AvgIpc) is 2.27. The molecule has 0 saturated carbocycles. The van der Waals surface area contributed by atoms with E-state index in [-0.39, 0.29) is 5.69 Å². The molecule has 0 saturated heterocycles. The summed E-state index contributed by atoms with van der Waals surface area (Å²) in [4.78, 5) is 18.4. The number of carboxylic acids is 1. The minimum atomic E-state index is -1.05. The van der Waals surface area contributed by atoms with Gasteiger partial charge in [0, 0.05) is 29.2 Å². The highest BCUT2D eigenvalue weighted by molar-refractivity contribution is 5.91. The van der Waals surface area contributed by atoms with Crippen molar-refractivity contribution in [1.29, 1.82) is 0 Å². The molecule has 76 valence electrons. The third-order valence-electron chi connectivity index (χ3n) is 2.01. The van der Waals surface area contributed by atoms with Crippen LogP contribution in [0, 0.1) is 0 Å². The molecule has 15 heavy (non-hydrogen) atoms. The van der Waals surface area contributed by atoms with E-state index in [1.54, 1.807) is 12.3 Å². The molecule has 0 radical (unpaired) electrons. The number of fused-ring (bicyclic) bond motifs is 1. The molecule has 0 fully saturated rings. The number of ether oxygens (including phenoxy) is 1. The summed E-state index contributed by atoms with van der Waals surface area (Å²) >= 11 is 0. The van der Waals surface area contributed by atoms with Gasteiger partial charge in [0.2, 0.25) is 5.88 Å². The zero-order valence-corrected chi connectivity index (χ0v) is 7.97. The number of aromatic carboxylic acids is 1. The van der Waals surface area contributed by atoms with Crippen LogP contribution < -0.4 is 4.74 Å². The maximum absolute atomic E-state index is 10.7. The van der Waals surface area contributed by atoms with Gasteiger partial charge in [-0.2, -0.15) is 0 Å². The number of hydrogen-bond donors (Lipinski definition) is 1. The van der Waals surface area contributed by atoms with Gasteiger partial charge in [0.05, 0.1) is 7.11 Å². The van der Waals surface area contributed by atoms with Crippen LogP contribution in [0.25, 0.3) is 10.8 Å². The van der Waals surface area contributed by atoms with Gasteiger partial charge >= 0.3 is 5.97 Å². The molecular formula is C10H8N2O3. The van der Waals surface area contributed by atoms with Crippen LogP contribution in [0.2, 0.25) is 0 Å². The first-order chi connectivity index (χ1) is 7.20. The van der Waals surface area contributed by atoms with Crippen molar-refractivity contribution < 1.29 is 14.6 Å². The third-order valence-corrected chi connectivity index (χ3v) is 2.01.